The van der Waals surface area contributed by atoms with E-state index < -0.39 is 0 Å². The van der Waals surface area contributed by atoms with Gasteiger partial charge in [0.2, 0.25) is 5.91 Å². The molecule has 138 valence electrons. The van der Waals surface area contributed by atoms with Gasteiger partial charge in [0.05, 0.1) is 20.3 Å². The first-order valence-electron chi connectivity index (χ1n) is 8.43. The van der Waals surface area contributed by atoms with E-state index in [1.165, 1.54) is 0 Å². The van der Waals surface area contributed by atoms with E-state index in [4.69, 9.17) is 14.2 Å². The first kappa shape index (κ1) is 19.2. The van der Waals surface area contributed by atoms with Gasteiger partial charge in [0.15, 0.2) is 0 Å². The lowest BCUT2D eigenvalue weighted by Crippen LogP contribution is -2.47. The van der Waals surface area contributed by atoms with Crippen LogP contribution in [0.2, 0.25) is 0 Å². The predicted octanol–water partition coefficient (Wildman–Crippen LogP) is 1.08. The number of benzene rings is 1. The summed E-state index contributed by atoms with van der Waals surface area (Å²) in [6, 6.07) is 7.08. The summed E-state index contributed by atoms with van der Waals surface area (Å²) < 4.78 is 15.2. The number of carbonyl (C=O) groups is 2. The zero-order chi connectivity index (χ0) is 18.1. The molecule has 2 amide bonds. The average molecular weight is 350 g/mol. The van der Waals surface area contributed by atoms with Gasteiger partial charge in [-0.1, -0.05) is 0 Å². The average Bonchev–Trinajstić information content (AvgIpc) is 2.65. The molecule has 1 aliphatic heterocycles. The molecular formula is C18H26N2O5. The molecular weight excluding hydrogens is 324 g/mol. The molecule has 0 saturated carbocycles. The Morgan fingerprint density at radius 1 is 1.12 bits per heavy atom. The minimum Gasteiger partial charge on any atom is -0.497 e. The van der Waals surface area contributed by atoms with Crippen LogP contribution in [0.5, 0.6) is 5.75 Å². The van der Waals surface area contributed by atoms with Crippen molar-refractivity contribution in [2.45, 2.75) is 18.9 Å². The molecule has 1 aromatic rings. The molecule has 7 heteroatoms. The Bertz CT molecular complexity index is 553. The highest BCUT2D eigenvalue weighted by molar-refractivity contribution is 5.94. The lowest BCUT2D eigenvalue weighted by molar-refractivity contribution is -0.137. The van der Waals surface area contributed by atoms with E-state index in [1.54, 1.807) is 43.4 Å². The van der Waals surface area contributed by atoms with E-state index in [-0.39, 0.29) is 24.5 Å². The van der Waals surface area contributed by atoms with E-state index in [0.29, 0.717) is 31.9 Å². The predicted molar refractivity (Wildman–Crippen MR) is 92.8 cm³/mol. The zero-order valence-corrected chi connectivity index (χ0v) is 14.8. The Hall–Kier alpha value is -2.12. The number of likely N-dealkylation sites (tertiary alicyclic amines) is 1. The number of hydrogen-bond donors (Lipinski definition) is 1. The standard InChI is InChI=1S/C18H26N2O5/c1-23-11-12-25-13-17(21)20-9-7-15(8-10-20)19-18(22)14-3-5-16(24-2)6-4-14/h3-6,15H,7-13H2,1-2H3,(H,19,22). The molecule has 0 aliphatic carbocycles. The quantitative estimate of drug-likeness (QED) is 0.710. The second-order valence-corrected chi connectivity index (χ2v) is 5.90. The van der Waals surface area contributed by atoms with Gasteiger partial charge in [0.25, 0.3) is 5.91 Å². The SMILES string of the molecule is COCCOCC(=O)N1CCC(NC(=O)c2ccc(OC)cc2)CC1. The van der Waals surface area contributed by atoms with Crippen LogP contribution in [0.3, 0.4) is 0 Å². The van der Waals surface area contributed by atoms with Crippen LogP contribution in [-0.2, 0) is 14.3 Å². The summed E-state index contributed by atoms with van der Waals surface area (Å²) in [6.45, 7) is 2.22. The Kier molecular flexibility index (Phi) is 7.69. The Morgan fingerprint density at radius 3 is 2.40 bits per heavy atom. The van der Waals surface area contributed by atoms with E-state index in [9.17, 15) is 9.59 Å². The van der Waals surface area contributed by atoms with Crippen LogP contribution in [-0.4, -0.2) is 69.9 Å². The van der Waals surface area contributed by atoms with Gasteiger partial charge in [0, 0.05) is 31.8 Å². The number of carbonyl (C=O) groups excluding carboxylic acids is 2. The number of amides is 2. The van der Waals surface area contributed by atoms with Crippen molar-refractivity contribution in [3.05, 3.63) is 29.8 Å². The van der Waals surface area contributed by atoms with Crippen molar-refractivity contribution in [3.63, 3.8) is 0 Å². The third-order valence-corrected chi connectivity index (χ3v) is 4.19. The molecule has 0 spiro atoms. The highest BCUT2D eigenvalue weighted by Crippen LogP contribution is 2.14. The smallest absolute Gasteiger partial charge is 0.251 e. The Balaban J connectivity index is 1.72. The Morgan fingerprint density at radius 2 is 1.80 bits per heavy atom. The van der Waals surface area contributed by atoms with Gasteiger partial charge in [-0.3, -0.25) is 9.59 Å². The zero-order valence-electron chi connectivity index (χ0n) is 14.8. The first-order chi connectivity index (χ1) is 12.1. The number of piperidine rings is 1. The Labute approximate surface area is 148 Å². The molecule has 0 atom stereocenters. The van der Waals surface area contributed by atoms with Gasteiger partial charge >= 0.3 is 0 Å². The molecule has 0 bridgehead atoms. The van der Waals surface area contributed by atoms with Crippen molar-refractivity contribution >= 4 is 11.8 Å². The van der Waals surface area contributed by atoms with Crippen LogP contribution in [0.4, 0.5) is 0 Å². The van der Waals surface area contributed by atoms with Gasteiger partial charge in [-0.25, -0.2) is 0 Å². The number of rotatable bonds is 8. The maximum Gasteiger partial charge on any atom is 0.251 e. The maximum absolute atomic E-state index is 12.3. The molecule has 1 N–H and O–H groups in total. The van der Waals surface area contributed by atoms with Crippen LogP contribution in [0.1, 0.15) is 23.2 Å². The van der Waals surface area contributed by atoms with Crippen LogP contribution >= 0.6 is 0 Å². The lowest BCUT2D eigenvalue weighted by Gasteiger charge is -2.32. The fourth-order valence-corrected chi connectivity index (χ4v) is 2.68. The minimum absolute atomic E-state index is 0.0176. The van der Waals surface area contributed by atoms with Gasteiger partial charge in [0.1, 0.15) is 12.4 Å². The number of methoxy groups -OCH3 is 2. The third-order valence-electron chi connectivity index (χ3n) is 4.19. The summed E-state index contributed by atoms with van der Waals surface area (Å²) in [4.78, 5) is 26.1. The molecule has 1 heterocycles. The number of hydrogen-bond acceptors (Lipinski definition) is 5. The molecule has 1 aromatic carbocycles. The van der Waals surface area contributed by atoms with Crippen molar-refractivity contribution < 1.29 is 23.8 Å². The summed E-state index contributed by atoms with van der Waals surface area (Å²) in [6.07, 6.45) is 1.48. The van der Waals surface area contributed by atoms with E-state index in [1.807, 2.05) is 0 Å². The number of ether oxygens (including phenoxy) is 3. The van der Waals surface area contributed by atoms with Gasteiger partial charge in [-0.15, -0.1) is 0 Å². The van der Waals surface area contributed by atoms with Crippen molar-refractivity contribution in [3.8, 4) is 5.75 Å². The molecule has 0 aromatic heterocycles. The summed E-state index contributed by atoms with van der Waals surface area (Å²) in [5.74, 6) is 0.599. The van der Waals surface area contributed by atoms with Gasteiger partial charge < -0.3 is 24.4 Å². The monoisotopic (exact) mass is 350 g/mol. The normalized spacial score (nSPS) is 15.0. The van der Waals surface area contributed by atoms with Crippen molar-refractivity contribution in [2.75, 3.05) is 47.1 Å². The summed E-state index contributed by atoms with van der Waals surface area (Å²) >= 11 is 0. The topological polar surface area (TPSA) is 77.1 Å². The molecule has 0 unspecified atom stereocenters. The number of nitrogens with one attached hydrogen (secondary N) is 1. The van der Waals surface area contributed by atoms with Gasteiger partial charge in [-0.2, -0.15) is 0 Å². The van der Waals surface area contributed by atoms with E-state index in [2.05, 4.69) is 5.32 Å². The molecule has 1 aliphatic rings. The fourth-order valence-electron chi connectivity index (χ4n) is 2.68. The molecule has 0 radical (unpaired) electrons. The molecule has 1 saturated heterocycles. The summed E-state index contributed by atoms with van der Waals surface area (Å²) in [5.41, 5.74) is 0.603. The highest BCUT2D eigenvalue weighted by atomic mass is 16.5. The van der Waals surface area contributed by atoms with E-state index >= 15 is 0 Å². The maximum atomic E-state index is 12.3. The third kappa shape index (κ3) is 6.03. The van der Waals surface area contributed by atoms with Crippen LogP contribution in [0.25, 0.3) is 0 Å². The van der Waals surface area contributed by atoms with Crippen LogP contribution in [0.15, 0.2) is 24.3 Å². The van der Waals surface area contributed by atoms with Crippen molar-refractivity contribution in [1.29, 1.82) is 0 Å². The summed E-state index contributed by atoms with van der Waals surface area (Å²) in [7, 11) is 3.18. The second-order valence-electron chi connectivity index (χ2n) is 5.90. The van der Waals surface area contributed by atoms with Crippen molar-refractivity contribution in [1.82, 2.24) is 10.2 Å². The largest absolute Gasteiger partial charge is 0.497 e. The number of nitrogens with zero attached hydrogens (tertiary/aromatic N) is 1. The lowest BCUT2D eigenvalue weighted by atomic mass is 10.0. The highest BCUT2D eigenvalue weighted by Gasteiger charge is 2.24. The van der Waals surface area contributed by atoms with Crippen molar-refractivity contribution in [2.24, 2.45) is 0 Å². The van der Waals surface area contributed by atoms with Gasteiger partial charge in [-0.05, 0) is 37.1 Å². The molecule has 7 nitrogen and oxygen atoms in total. The minimum atomic E-state index is -0.102. The van der Waals surface area contributed by atoms with Crippen LogP contribution in [0, 0.1) is 0 Å². The second kappa shape index (κ2) is 10.0. The summed E-state index contributed by atoms with van der Waals surface area (Å²) in [5, 5.41) is 3.03. The molecule has 2 rings (SSSR count). The molecule has 25 heavy (non-hydrogen) atoms. The van der Waals surface area contributed by atoms with Crippen LogP contribution < -0.4 is 10.1 Å². The van der Waals surface area contributed by atoms with E-state index in [0.717, 1.165) is 18.6 Å². The fraction of sp³-hybridized carbons (Fsp3) is 0.556. The first-order valence-corrected chi connectivity index (χ1v) is 8.43. The molecule has 1 fully saturated rings.